The highest BCUT2D eigenvalue weighted by molar-refractivity contribution is 5.97. The van der Waals surface area contributed by atoms with Crippen molar-refractivity contribution >= 4 is 17.9 Å². The fourth-order valence-corrected chi connectivity index (χ4v) is 5.24. The number of carbonyl (C=O) groups is 3. The Morgan fingerprint density at radius 1 is 0.795 bits per heavy atom. The van der Waals surface area contributed by atoms with Gasteiger partial charge >= 0.3 is 17.9 Å². The van der Waals surface area contributed by atoms with Gasteiger partial charge in [0.2, 0.25) is 0 Å². The van der Waals surface area contributed by atoms with Crippen molar-refractivity contribution in [1.29, 1.82) is 0 Å². The van der Waals surface area contributed by atoms with Crippen LogP contribution in [-0.2, 0) is 33.0 Å². The summed E-state index contributed by atoms with van der Waals surface area (Å²) in [5.41, 5.74) is 0.992. The second kappa shape index (κ2) is 9.61. The summed E-state index contributed by atoms with van der Waals surface area (Å²) in [6, 6.07) is 12.9. The number of nitrogens with zero attached hydrogens (tertiary/aromatic N) is 2. The lowest BCUT2D eigenvalue weighted by atomic mass is 9.76. The largest absolute Gasteiger partial charge is 0.507 e. The monoisotopic (exact) mass is 534 g/mol. The molecule has 11 heteroatoms. The first-order valence-electron chi connectivity index (χ1n) is 12.0. The third kappa shape index (κ3) is 4.51. The number of ether oxygens (including phenoxy) is 2. The van der Waals surface area contributed by atoms with Crippen molar-refractivity contribution in [1.82, 2.24) is 9.80 Å². The molecular weight excluding hydrogens is 508 g/mol. The standard InChI is InChI=1S/C28H26N2O9/c1-29(13-25(33)34)11-15-7-19-23(9-21(15)31)38-24-10-22(32)16(12-30(2)14-26(35)36)8-20(24)28(19)18-6-4-3-5-17(18)27(37)39-28/h3-10,31-32H,11-14H2,1-2H3,(H,33,34)(H,35,36). The molecule has 11 nitrogen and oxygen atoms in total. The van der Waals surface area contributed by atoms with Gasteiger partial charge in [-0.1, -0.05) is 18.2 Å². The van der Waals surface area contributed by atoms with E-state index >= 15 is 0 Å². The van der Waals surface area contributed by atoms with E-state index in [9.17, 15) is 24.6 Å². The molecule has 0 atom stereocenters. The molecule has 2 aliphatic heterocycles. The fraction of sp³-hybridized carbons (Fsp3) is 0.250. The fourth-order valence-electron chi connectivity index (χ4n) is 5.24. The van der Waals surface area contributed by atoms with E-state index < -0.39 is 23.5 Å². The number of esters is 1. The Kier molecular flexibility index (Phi) is 6.41. The molecule has 0 bridgehead atoms. The van der Waals surface area contributed by atoms with Crippen molar-refractivity contribution in [3.05, 3.63) is 81.9 Å². The number of likely N-dealkylation sites (N-methyl/N-ethyl adjacent to an activating group) is 2. The Balaban J connectivity index is 1.71. The smallest absolute Gasteiger partial charge is 0.340 e. The molecule has 0 radical (unpaired) electrons. The number of hydrogen-bond donors (Lipinski definition) is 4. The topological polar surface area (TPSA) is 157 Å². The van der Waals surface area contributed by atoms with Crippen LogP contribution in [0.4, 0.5) is 0 Å². The average Bonchev–Trinajstić information content (AvgIpc) is 3.13. The van der Waals surface area contributed by atoms with Gasteiger partial charge < -0.3 is 29.9 Å². The zero-order valence-corrected chi connectivity index (χ0v) is 21.2. The summed E-state index contributed by atoms with van der Waals surface area (Å²) in [6.45, 7) is -0.341. The molecule has 5 rings (SSSR count). The number of aliphatic carboxylic acids is 2. The van der Waals surface area contributed by atoms with Crippen LogP contribution in [0.5, 0.6) is 23.0 Å². The highest BCUT2D eigenvalue weighted by atomic mass is 16.6. The van der Waals surface area contributed by atoms with Crippen molar-refractivity contribution in [2.24, 2.45) is 0 Å². The van der Waals surface area contributed by atoms with Gasteiger partial charge in [0.25, 0.3) is 0 Å². The molecule has 2 heterocycles. The quantitative estimate of drug-likeness (QED) is 0.315. The number of benzene rings is 3. The Labute approximate surface area is 223 Å². The number of phenolic OH excluding ortho intramolecular Hbond substituents is 2. The van der Waals surface area contributed by atoms with Crippen molar-refractivity contribution < 1.29 is 44.3 Å². The lowest BCUT2D eigenvalue weighted by molar-refractivity contribution is -0.139. The molecule has 1 spiro atoms. The molecule has 0 aliphatic carbocycles. The van der Waals surface area contributed by atoms with Crippen LogP contribution in [0.3, 0.4) is 0 Å². The predicted octanol–water partition coefficient (Wildman–Crippen LogP) is 2.70. The Hall–Kier alpha value is -4.61. The van der Waals surface area contributed by atoms with Gasteiger partial charge in [0, 0.05) is 53.0 Å². The van der Waals surface area contributed by atoms with E-state index in [1.807, 2.05) is 0 Å². The Morgan fingerprint density at radius 2 is 1.28 bits per heavy atom. The minimum absolute atomic E-state index is 0.0881. The van der Waals surface area contributed by atoms with Crippen LogP contribution < -0.4 is 4.74 Å². The van der Waals surface area contributed by atoms with Crippen LogP contribution in [0.15, 0.2) is 48.5 Å². The minimum Gasteiger partial charge on any atom is -0.507 e. The number of carboxylic acids is 2. The first kappa shape index (κ1) is 26.0. The third-order valence-corrected chi connectivity index (χ3v) is 6.80. The summed E-state index contributed by atoms with van der Waals surface area (Å²) in [6.07, 6.45) is 0. The van der Waals surface area contributed by atoms with E-state index in [-0.39, 0.29) is 49.2 Å². The first-order valence-corrected chi connectivity index (χ1v) is 12.0. The number of hydrogen-bond acceptors (Lipinski definition) is 9. The van der Waals surface area contributed by atoms with E-state index in [1.165, 1.54) is 21.9 Å². The van der Waals surface area contributed by atoms with Crippen LogP contribution in [0.2, 0.25) is 0 Å². The minimum atomic E-state index is -1.50. The van der Waals surface area contributed by atoms with Gasteiger partial charge in [-0.05, 0) is 32.3 Å². The molecule has 4 N–H and O–H groups in total. The summed E-state index contributed by atoms with van der Waals surface area (Å²) >= 11 is 0. The van der Waals surface area contributed by atoms with Gasteiger partial charge in [-0.15, -0.1) is 0 Å². The lowest BCUT2D eigenvalue weighted by Gasteiger charge is -2.37. The highest BCUT2D eigenvalue weighted by Gasteiger charge is 2.54. The molecule has 39 heavy (non-hydrogen) atoms. The van der Waals surface area contributed by atoms with Gasteiger partial charge in [0.1, 0.15) is 23.0 Å². The van der Waals surface area contributed by atoms with E-state index in [0.717, 1.165) is 0 Å². The van der Waals surface area contributed by atoms with Crippen LogP contribution in [0.1, 0.15) is 38.2 Å². The van der Waals surface area contributed by atoms with Gasteiger partial charge in [-0.2, -0.15) is 0 Å². The van der Waals surface area contributed by atoms with Gasteiger partial charge in [0.15, 0.2) is 5.60 Å². The van der Waals surface area contributed by atoms with Crippen LogP contribution >= 0.6 is 0 Å². The number of fused-ring (bicyclic) bond motifs is 6. The molecule has 0 unspecified atom stereocenters. The van der Waals surface area contributed by atoms with Crippen molar-refractivity contribution in [2.45, 2.75) is 18.7 Å². The van der Waals surface area contributed by atoms with Gasteiger partial charge in [-0.25, -0.2) is 4.79 Å². The molecular formula is C28H26N2O9. The molecule has 0 fully saturated rings. The Morgan fingerprint density at radius 3 is 1.77 bits per heavy atom. The van der Waals surface area contributed by atoms with E-state index in [1.54, 1.807) is 50.5 Å². The molecule has 0 saturated carbocycles. The number of aromatic hydroxyl groups is 2. The molecule has 2 aliphatic rings. The summed E-state index contributed by atoms with van der Waals surface area (Å²) in [7, 11) is 3.20. The highest BCUT2D eigenvalue weighted by Crippen LogP contribution is 2.57. The summed E-state index contributed by atoms with van der Waals surface area (Å²) in [5, 5.41) is 39.9. The van der Waals surface area contributed by atoms with Crippen LogP contribution in [0, 0.1) is 0 Å². The van der Waals surface area contributed by atoms with Crippen LogP contribution in [0.25, 0.3) is 0 Å². The predicted molar refractivity (Wildman–Crippen MR) is 136 cm³/mol. The zero-order valence-electron chi connectivity index (χ0n) is 21.2. The summed E-state index contributed by atoms with van der Waals surface area (Å²) in [4.78, 5) is 38.6. The van der Waals surface area contributed by atoms with E-state index in [2.05, 4.69) is 0 Å². The van der Waals surface area contributed by atoms with Crippen LogP contribution in [-0.4, -0.2) is 75.3 Å². The second-order valence-electron chi connectivity index (χ2n) is 9.80. The number of carbonyl (C=O) groups excluding carboxylic acids is 1. The molecule has 0 amide bonds. The molecule has 3 aromatic carbocycles. The van der Waals surface area contributed by atoms with Gasteiger partial charge in [-0.3, -0.25) is 19.4 Å². The van der Waals surface area contributed by atoms with Crippen molar-refractivity contribution in [2.75, 3.05) is 27.2 Å². The van der Waals surface area contributed by atoms with Gasteiger partial charge in [0.05, 0.1) is 18.7 Å². The summed E-state index contributed by atoms with van der Waals surface area (Å²) < 4.78 is 12.2. The maximum absolute atomic E-state index is 13.2. The SMILES string of the molecule is CN(CC(=O)O)Cc1cc2c(cc1O)Oc1cc(O)c(CN(C)CC(=O)O)cc1C21OC(=O)c2ccccc21. The molecule has 0 saturated heterocycles. The van der Waals surface area contributed by atoms with Crippen molar-refractivity contribution in [3.8, 4) is 23.0 Å². The van der Waals surface area contributed by atoms with E-state index in [0.29, 0.717) is 33.4 Å². The molecule has 3 aromatic rings. The number of rotatable bonds is 8. The zero-order chi connectivity index (χ0) is 28.1. The normalized spacial score (nSPS) is 14.5. The van der Waals surface area contributed by atoms with Crippen molar-refractivity contribution in [3.63, 3.8) is 0 Å². The maximum Gasteiger partial charge on any atom is 0.340 e. The average molecular weight is 535 g/mol. The molecule has 202 valence electrons. The Bertz CT molecular complexity index is 1440. The second-order valence-corrected chi connectivity index (χ2v) is 9.80. The van der Waals surface area contributed by atoms with E-state index in [4.69, 9.17) is 19.7 Å². The number of phenols is 2. The number of carboxylic acid groups (broad SMARTS) is 2. The summed E-state index contributed by atoms with van der Waals surface area (Å²) in [5.74, 6) is -2.50. The first-order chi connectivity index (χ1) is 18.5. The third-order valence-electron chi connectivity index (χ3n) is 6.80. The molecule has 0 aromatic heterocycles. The lowest BCUT2D eigenvalue weighted by Crippen LogP contribution is -2.34. The maximum atomic E-state index is 13.2.